The van der Waals surface area contributed by atoms with E-state index in [4.69, 9.17) is 4.74 Å². The number of hydrogen-bond donors (Lipinski definition) is 1. The molecule has 0 radical (unpaired) electrons. The molecule has 0 atom stereocenters. The van der Waals surface area contributed by atoms with Crippen molar-refractivity contribution in [3.05, 3.63) is 53.3 Å². The van der Waals surface area contributed by atoms with Gasteiger partial charge in [0.05, 0.1) is 12.7 Å². The van der Waals surface area contributed by atoms with Crippen molar-refractivity contribution in [3.8, 4) is 6.01 Å². The monoisotopic (exact) mass is 354 g/mol. The molecule has 2 heterocycles. The number of carbonyl (C=O) groups excluding carboxylic acids is 1. The van der Waals surface area contributed by atoms with Crippen molar-refractivity contribution < 1.29 is 9.53 Å². The predicted octanol–water partition coefficient (Wildman–Crippen LogP) is 2.79. The number of nitrogens with one attached hydrogen (secondary N) is 1. The van der Waals surface area contributed by atoms with Crippen LogP contribution in [-0.2, 0) is 13.1 Å². The Kier molecular flexibility index (Phi) is 6.55. The van der Waals surface area contributed by atoms with Gasteiger partial charge in [0.15, 0.2) is 0 Å². The van der Waals surface area contributed by atoms with Gasteiger partial charge in [-0.2, -0.15) is 0 Å². The minimum absolute atomic E-state index is 0.189. The topological polar surface area (TPSA) is 67.3 Å². The smallest absolute Gasteiger partial charge is 0.316 e. The van der Waals surface area contributed by atoms with Crippen molar-refractivity contribution in [2.24, 2.45) is 0 Å². The highest BCUT2D eigenvalue weighted by atomic mass is 16.5. The third kappa shape index (κ3) is 5.26. The van der Waals surface area contributed by atoms with Crippen LogP contribution in [0.2, 0.25) is 0 Å². The van der Waals surface area contributed by atoms with Crippen molar-refractivity contribution in [2.75, 3.05) is 20.2 Å². The summed E-state index contributed by atoms with van der Waals surface area (Å²) in [5.74, 6) is -0.189. The molecule has 1 fully saturated rings. The van der Waals surface area contributed by atoms with E-state index in [-0.39, 0.29) is 11.9 Å². The Bertz CT molecular complexity index is 710. The second-order valence-corrected chi connectivity index (χ2v) is 6.65. The van der Waals surface area contributed by atoms with Crippen molar-refractivity contribution in [1.29, 1.82) is 0 Å². The zero-order valence-corrected chi connectivity index (χ0v) is 15.3. The van der Waals surface area contributed by atoms with Gasteiger partial charge < -0.3 is 10.1 Å². The lowest BCUT2D eigenvalue weighted by atomic mass is 10.1. The minimum Gasteiger partial charge on any atom is -0.467 e. The second-order valence-electron chi connectivity index (χ2n) is 6.65. The summed E-state index contributed by atoms with van der Waals surface area (Å²) < 4.78 is 4.90. The molecule has 0 spiro atoms. The molecule has 1 N–H and O–H groups in total. The molecule has 0 unspecified atom stereocenters. The van der Waals surface area contributed by atoms with Crippen LogP contribution in [0.1, 0.15) is 47.2 Å². The number of hydrogen-bond acceptors (Lipinski definition) is 5. The van der Waals surface area contributed by atoms with E-state index in [2.05, 4.69) is 38.4 Å². The first-order chi connectivity index (χ1) is 12.7. The normalized spacial score (nSPS) is 15.3. The van der Waals surface area contributed by atoms with Gasteiger partial charge in [-0.1, -0.05) is 37.1 Å². The molecule has 138 valence electrons. The minimum atomic E-state index is -0.189. The number of likely N-dealkylation sites (tertiary alicyclic amines) is 1. The van der Waals surface area contributed by atoms with Gasteiger partial charge >= 0.3 is 6.01 Å². The Morgan fingerprint density at radius 2 is 1.81 bits per heavy atom. The molecule has 1 amide bonds. The second kappa shape index (κ2) is 9.29. The lowest BCUT2D eigenvalue weighted by Gasteiger charge is -2.20. The summed E-state index contributed by atoms with van der Waals surface area (Å²) in [6.45, 7) is 3.82. The van der Waals surface area contributed by atoms with Crippen molar-refractivity contribution in [1.82, 2.24) is 20.2 Å². The van der Waals surface area contributed by atoms with Gasteiger partial charge in [-0.3, -0.25) is 9.69 Å². The fourth-order valence-electron chi connectivity index (χ4n) is 3.21. The fraction of sp³-hybridized carbons (Fsp3) is 0.450. The van der Waals surface area contributed by atoms with Crippen LogP contribution in [0, 0.1) is 0 Å². The van der Waals surface area contributed by atoms with Gasteiger partial charge in [0, 0.05) is 25.5 Å². The maximum absolute atomic E-state index is 12.2. The predicted molar refractivity (Wildman–Crippen MR) is 99.9 cm³/mol. The third-order valence-electron chi connectivity index (χ3n) is 4.62. The van der Waals surface area contributed by atoms with Crippen molar-refractivity contribution >= 4 is 5.91 Å². The van der Waals surface area contributed by atoms with Crippen LogP contribution in [0.25, 0.3) is 0 Å². The van der Waals surface area contributed by atoms with Gasteiger partial charge in [-0.15, -0.1) is 0 Å². The largest absolute Gasteiger partial charge is 0.467 e. The number of rotatable bonds is 6. The maximum Gasteiger partial charge on any atom is 0.316 e. The Hall–Kier alpha value is -2.47. The van der Waals surface area contributed by atoms with Crippen molar-refractivity contribution in [3.63, 3.8) is 0 Å². The SMILES string of the molecule is COc1ncc(C(=O)NCc2cccc(CN3CCCCCC3)c2)cn1. The molecule has 1 saturated heterocycles. The van der Waals surface area contributed by atoms with Gasteiger partial charge in [0.1, 0.15) is 0 Å². The van der Waals surface area contributed by atoms with E-state index in [9.17, 15) is 4.79 Å². The number of ether oxygens (including phenoxy) is 1. The molecule has 6 nitrogen and oxygen atoms in total. The molecular weight excluding hydrogens is 328 g/mol. The van der Waals surface area contributed by atoms with Gasteiger partial charge in [0.2, 0.25) is 0 Å². The molecule has 1 aromatic heterocycles. The molecule has 3 rings (SSSR count). The van der Waals surface area contributed by atoms with E-state index in [0.717, 1.165) is 12.1 Å². The quantitative estimate of drug-likeness (QED) is 0.864. The van der Waals surface area contributed by atoms with E-state index in [1.54, 1.807) is 0 Å². The molecule has 2 aromatic rings. The lowest BCUT2D eigenvalue weighted by Crippen LogP contribution is -2.25. The number of nitrogens with zero attached hydrogens (tertiary/aromatic N) is 3. The zero-order chi connectivity index (χ0) is 18.2. The van der Waals surface area contributed by atoms with Crippen LogP contribution < -0.4 is 10.1 Å². The summed E-state index contributed by atoms with van der Waals surface area (Å²) in [4.78, 5) is 22.7. The number of methoxy groups -OCH3 is 1. The highest BCUT2D eigenvalue weighted by Crippen LogP contribution is 2.14. The summed E-state index contributed by atoms with van der Waals surface area (Å²) in [5.41, 5.74) is 2.82. The number of amides is 1. The molecular formula is C20H26N4O2. The fourth-order valence-corrected chi connectivity index (χ4v) is 3.21. The van der Waals surface area contributed by atoms with E-state index in [1.165, 1.54) is 63.8 Å². The molecule has 0 aliphatic carbocycles. The number of aromatic nitrogens is 2. The molecule has 1 aromatic carbocycles. The van der Waals surface area contributed by atoms with Crippen LogP contribution in [0.3, 0.4) is 0 Å². The van der Waals surface area contributed by atoms with E-state index in [1.807, 2.05) is 6.07 Å². The van der Waals surface area contributed by atoms with Crippen LogP contribution in [0.4, 0.5) is 0 Å². The molecule has 1 aliphatic rings. The molecule has 26 heavy (non-hydrogen) atoms. The summed E-state index contributed by atoms with van der Waals surface area (Å²) in [6.07, 6.45) is 8.21. The first-order valence-electron chi connectivity index (χ1n) is 9.19. The Balaban J connectivity index is 1.55. The molecule has 1 aliphatic heterocycles. The summed E-state index contributed by atoms with van der Waals surface area (Å²) in [7, 11) is 1.49. The lowest BCUT2D eigenvalue weighted by molar-refractivity contribution is 0.0950. The number of benzene rings is 1. The molecule has 6 heteroatoms. The Labute approximate surface area is 154 Å². The molecule has 0 bridgehead atoms. The summed E-state index contributed by atoms with van der Waals surface area (Å²) in [6, 6.07) is 8.69. The average Bonchev–Trinajstić information content (AvgIpc) is 2.95. The van der Waals surface area contributed by atoms with Crippen LogP contribution in [-0.4, -0.2) is 41.0 Å². The van der Waals surface area contributed by atoms with Crippen LogP contribution in [0.5, 0.6) is 6.01 Å². The highest BCUT2D eigenvalue weighted by Gasteiger charge is 2.10. The molecule has 0 saturated carbocycles. The summed E-state index contributed by atoms with van der Waals surface area (Å²) in [5, 5.41) is 2.92. The highest BCUT2D eigenvalue weighted by molar-refractivity contribution is 5.93. The maximum atomic E-state index is 12.2. The van der Waals surface area contributed by atoms with Gasteiger partial charge in [-0.05, 0) is 37.1 Å². The van der Waals surface area contributed by atoms with Gasteiger partial charge in [0.25, 0.3) is 5.91 Å². The average molecular weight is 354 g/mol. The van der Waals surface area contributed by atoms with Crippen LogP contribution in [0.15, 0.2) is 36.7 Å². The van der Waals surface area contributed by atoms with Crippen LogP contribution >= 0.6 is 0 Å². The zero-order valence-electron chi connectivity index (χ0n) is 15.3. The number of carbonyl (C=O) groups is 1. The third-order valence-corrected chi connectivity index (χ3v) is 4.62. The van der Waals surface area contributed by atoms with E-state index >= 15 is 0 Å². The summed E-state index contributed by atoms with van der Waals surface area (Å²) >= 11 is 0. The Morgan fingerprint density at radius 3 is 2.50 bits per heavy atom. The van der Waals surface area contributed by atoms with Crippen molar-refractivity contribution in [2.45, 2.75) is 38.8 Å². The van der Waals surface area contributed by atoms with E-state index < -0.39 is 0 Å². The standard InChI is InChI=1S/C20H26N4O2/c1-26-20-22-13-18(14-23-20)19(25)21-12-16-7-6-8-17(11-16)15-24-9-4-2-3-5-10-24/h6-8,11,13-14H,2-5,9-10,12,15H2,1H3,(H,21,25). The first-order valence-corrected chi connectivity index (χ1v) is 9.19. The van der Waals surface area contributed by atoms with Gasteiger partial charge in [-0.25, -0.2) is 9.97 Å². The van der Waals surface area contributed by atoms with E-state index in [0.29, 0.717) is 12.1 Å². The first kappa shape index (κ1) is 18.3. The Morgan fingerprint density at radius 1 is 1.12 bits per heavy atom.